The summed E-state index contributed by atoms with van der Waals surface area (Å²) in [5.41, 5.74) is 1.03. The van der Waals surface area contributed by atoms with E-state index in [0.717, 1.165) is 18.7 Å². The highest BCUT2D eigenvalue weighted by Gasteiger charge is 2.08. The molecular formula is C14H21ClN2O2. The van der Waals surface area contributed by atoms with Crippen molar-refractivity contribution in [1.82, 2.24) is 10.2 Å². The van der Waals surface area contributed by atoms with Crippen LogP contribution in [0, 0.1) is 0 Å². The zero-order chi connectivity index (χ0) is 14.3. The molecule has 1 aromatic rings. The Morgan fingerprint density at radius 3 is 2.58 bits per heavy atom. The van der Waals surface area contributed by atoms with Gasteiger partial charge in [-0.05, 0) is 31.5 Å². The summed E-state index contributed by atoms with van der Waals surface area (Å²) >= 11 is 6.04. The number of nitrogens with zero attached hydrogens (tertiary/aromatic N) is 1. The van der Waals surface area contributed by atoms with E-state index in [0.29, 0.717) is 23.9 Å². The van der Waals surface area contributed by atoms with Gasteiger partial charge in [-0.3, -0.25) is 4.79 Å². The number of carbonyl (C=O) groups is 1. The molecule has 19 heavy (non-hydrogen) atoms. The van der Waals surface area contributed by atoms with E-state index >= 15 is 0 Å². The van der Waals surface area contributed by atoms with Crippen LogP contribution in [-0.4, -0.2) is 37.6 Å². The van der Waals surface area contributed by atoms with Gasteiger partial charge in [0.25, 0.3) is 0 Å². The average Bonchev–Trinajstić information content (AvgIpc) is 2.40. The number of amides is 1. The normalized spacial score (nSPS) is 10.3. The highest BCUT2D eigenvalue weighted by molar-refractivity contribution is 6.32. The predicted octanol–water partition coefficient (Wildman–Crippen LogP) is 2.31. The molecule has 4 nitrogen and oxygen atoms in total. The maximum absolute atomic E-state index is 11.8. The number of nitrogens with one attached hydrogen (secondary N) is 1. The molecule has 0 saturated carbocycles. The highest BCUT2D eigenvalue weighted by atomic mass is 35.5. The van der Waals surface area contributed by atoms with Crippen molar-refractivity contribution >= 4 is 17.5 Å². The van der Waals surface area contributed by atoms with Gasteiger partial charge in [0, 0.05) is 19.6 Å². The Balaban J connectivity index is 2.45. The molecule has 0 fully saturated rings. The molecule has 0 radical (unpaired) electrons. The van der Waals surface area contributed by atoms with E-state index in [1.165, 1.54) is 0 Å². The van der Waals surface area contributed by atoms with Gasteiger partial charge in [-0.25, -0.2) is 0 Å². The number of benzene rings is 1. The monoisotopic (exact) mass is 284 g/mol. The first kappa shape index (κ1) is 15.8. The summed E-state index contributed by atoms with van der Waals surface area (Å²) in [6, 6.07) is 5.60. The summed E-state index contributed by atoms with van der Waals surface area (Å²) in [5.74, 6) is 0.772. The Labute approximate surface area is 119 Å². The Morgan fingerprint density at radius 2 is 2.05 bits per heavy atom. The molecule has 1 amide bonds. The van der Waals surface area contributed by atoms with Crippen LogP contribution in [-0.2, 0) is 11.3 Å². The van der Waals surface area contributed by atoms with Gasteiger partial charge in [0.05, 0.1) is 18.7 Å². The lowest BCUT2D eigenvalue weighted by atomic mass is 10.2. The highest BCUT2D eigenvalue weighted by Crippen LogP contribution is 2.24. The van der Waals surface area contributed by atoms with E-state index in [4.69, 9.17) is 16.3 Å². The van der Waals surface area contributed by atoms with Crippen molar-refractivity contribution in [3.63, 3.8) is 0 Å². The molecule has 1 rings (SSSR count). The number of methoxy groups -OCH3 is 1. The zero-order valence-corrected chi connectivity index (χ0v) is 12.5. The molecule has 0 atom stereocenters. The van der Waals surface area contributed by atoms with Crippen LogP contribution in [0.25, 0.3) is 0 Å². The quantitative estimate of drug-likeness (QED) is 0.835. The summed E-state index contributed by atoms with van der Waals surface area (Å²) in [6.45, 7) is 6.38. The second kappa shape index (κ2) is 8.02. The van der Waals surface area contributed by atoms with Crippen LogP contribution in [0.2, 0.25) is 5.02 Å². The largest absolute Gasteiger partial charge is 0.495 e. The summed E-state index contributed by atoms with van der Waals surface area (Å²) < 4.78 is 5.09. The van der Waals surface area contributed by atoms with Crippen LogP contribution < -0.4 is 10.1 Å². The predicted molar refractivity (Wildman–Crippen MR) is 77.6 cm³/mol. The van der Waals surface area contributed by atoms with Gasteiger partial charge in [-0.15, -0.1) is 0 Å². The van der Waals surface area contributed by atoms with E-state index in [2.05, 4.69) is 5.32 Å². The molecule has 0 aliphatic carbocycles. The molecule has 106 valence electrons. The van der Waals surface area contributed by atoms with E-state index in [-0.39, 0.29) is 5.91 Å². The molecular weight excluding hydrogens is 264 g/mol. The molecule has 5 heteroatoms. The number of ether oxygens (including phenoxy) is 1. The van der Waals surface area contributed by atoms with E-state index < -0.39 is 0 Å². The van der Waals surface area contributed by atoms with E-state index in [1.807, 2.05) is 32.0 Å². The first-order chi connectivity index (χ1) is 9.12. The van der Waals surface area contributed by atoms with Gasteiger partial charge < -0.3 is 15.0 Å². The number of likely N-dealkylation sites (N-methyl/N-ethyl adjacent to an activating group) is 1. The van der Waals surface area contributed by atoms with E-state index in [9.17, 15) is 4.79 Å². The fraction of sp³-hybridized carbons (Fsp3) is 0.500. The van der Waals surface area contributed by atoms with Gasteiger partial charge >= 0.3 is 0 Å². The number of carbonyl (C=O) groups excluding carboxylic acids is 1. The maximum Gasteiger partial charge on any atom is 0.236 e. The van der Waals surface area contributed by atoms with Crippen LogP contribution >= 0.6 is 11.6 Å². The summed E-state index contributed by atoms with van der Waals surface area (Å²) in [7, 11) is 1.59. The molecule has 0 unspecified atom stereocenters. The minimum atomic E-state index is 0.115. The van der Waals surface area contributed by atoms with Gasteiger partial charge in [0.1, 0.15) is 5.75 Å². The first-order valence-corrected chi connectivity index (χ1v) is 6.81. The third-order valence-electron chi connectivity index (χ3n) is 2.94. The molecule has 1 aromatic carbocycles. The van der Waals surface area contributed by atoms with Crippen molar-refractivity contribution in [3.8, 4) is 5.75 Å². The Bertz CT molecular complexity index is 420. The van der Waals surface area contributed by atoms with Crippen molar-refractivity contribution in [2.75, 3.05) is 26.7 Å². The Hall–Kier alpha value is -1.26. The number of hydrogen-bond donors (Lipinski definition) is 1. The second-order valence-electron chi connectivity index (χ2n) is 4.14. The average molecular weight is 285 g/mol. The third kappa shape index (κ3) is 4.73. The molecule has 0 aliphatic rings. The molecule has 0 bridgehead atoms. The molecule has 0 saturated heterocycles. The van der Waals surface area contributed by atoms with Crippen LogP contribution in [0.1, 0.15) is 19.4 Å². The zero-order valence-electron chi connectivity index (χ0n) is 11.7. The summed E-state index contributed by atoms with van der Waals surface area (Å²) in [4.78, 5) is 13.6. The molecule has 0 aromatic heterocycles. The van der Waals surface area contributed by atoms with Gasteiger partial charge in [-0.2, -0.15) is 0 Å². The lowest BCUT2D eigenvalue weighted by Crippen LogP contribution is -2.37. The number of rotatable bonds is 7. The Morgan fingerprint density at radius 1 is 1.37 bits per heavy atom. The molecule has 0 heterocycles. The number of halogens is 1. The van der Waals surface area contributed by atoms with Gasteiger partial charge in [-0.1, -0.05) is 17.7 Å². The Kier molecular flexibility index (Phi) is 6.67. The van der Waals surface area contributed by atoms with Crippen LogP contribution in [0.4, 0.5) is 0 Å². The van der Waals surface area contributed by atoms with Crippen LogP contribution in [0.5, 0.6) is 5.75 Å². The van der Waals surface area contributed by atoms with Crippen molar-refractivity contribution in [2.24, 2.45) is 0 Å². The van der Waals surface area contributed by atoms with Gasteiger partial charge in [0.15, 0.2) is 0 Å². The molecule has 0 aliphatic heterocycles. The van der Waals surface area contributed by atoms with Gasteiger partial charge in [0.2, 0.25) is 5.91 Å². The van der Waals surface area contributed by atoms with Crippen molar-refractivity contribution in [3.05, 3.63) is 28.8 Å². The maximum atomic E-state index is 11.8. The third-order valence-corrected chi connectivity index (χ3v) is 3.23. The second-order valence-corrected chi connectivity index (χ2v) is 4.55. The lowest BCUT2D eigenvalue weighted by Gasteiger charge is -2.18. The minimum absolute atomic E-state index is 0.115. The lowest BCUT2D eigenvalue weighted by molar-refractivity contribution is -0.129. The summed E-state index contributed by atoms with van der Waals surface area (Å²) in [6.07, 6.45) is 0. The van der Waals surface area contributed by atoms with E-state index in [1.54, 1.807) is 12.0 Å². The smallest absolute Gasteiger partial charge is 0.236 e. The SMILES string of the molecule is CCN(CC)C(=O)CNCc1ccc(OC)c(Cl)c1. The standard InChI is InChI=1S/C14H21ClN2O2/c1-4-17(5-2)14(18)10-16-9-11-6-7-13(19-3)12(15)8-11/h6-8,16H,4-5,9-10H2,1-3H3. The van der Waals surface area contributed by atoms with Crippen molar-refractivity contribution in [1.29, 1.82) is 0 Å². The fourth-order valence-corrected chi connectivity index (χ4v) is 2.10. The van der Waals surface area contributed by atoms with Crippen LogP contribution in [0.3, 0.4) is 0 Å². The number of hydrogen-bond acceptors (Lipinski definition) is 3. The fourth-order valence-electron chi connectivity index (χ4n) is 1.82. The first-order valence-electron chi connectivity index (χ1n) is 6.43. The molecule has 1 N–H and O–H groups in total. The summed E-state index contributed by atoms with van der Waals surface area (Å²) in [5, 5.41) is 3.71. The van der Waals surface area contributed by atoms with Crippen molar-refractivity contribution < 1.29 is 9.53 Å². The molecule has 0 spiro atoms. The van der Waals surface area contributed by atoms with Crippen LogP contribution in [0.15, 0.2) is 18.2 Å². The van der Waals surface area contributed by atoms with Crippen molar-refractivity contribution in [2.45, 2.75) is 20.4 Å². The topological polar surface area (TPSA) is 41.6 Å². The minimum Gasteiger partial charge on any atom is -0.495 e.